The van der Waals surface area contributed by atoms with E-state index in [-0.39, 0.29) is 12.4 Å². The second-order valence-corrected chi connectivity index (χ2v) is 7.99. The minimum absolute atomic E-state index is 0.213. The fourth-order valence-corrected chi connectivity index (χ4v) is 4.07. The maximum atomic E-state index is 13.4. The first-order chi connectivity index (χ1) is 15.9. The summed E-state index contributed by atoms with van der Waals surface area (Å²) in [4.78, 5) is 37.0. The number of ether oxygens (including phenoxy) is 2. The average Bonchev–Trinajstić information content (AvgIpc) is 2.81. The summed E-state index contributed by atoms with van der Waals surface area (Å²) >= 11 is 0. The van der Waals surface area contributed by atoms with Gasteiger partial charge >= 0.3 is 12.1 Å². The van der Waals surface area contributed by atoms with Crippen LogP contribution in [0.1, 0.15) is 43.0 Å². The van der Waals surface area contributed by atoms with E-state index >= 15 is 0 Å². The van der Waals surface area contributed by atoms with E-state index < -0.39 is 36.5 Å². The highest BCUT2D eigenvalue weighted by Gasteiger charge is 2.36. The number of carbonyl (C=O) groups excluding carboxylic acids is 2. The Morgan fingerprint density at radius 2 is 1.82 bits per heavy atom. The van der Waals surface area contributed by atoms with Crippen LogP contribution in [0.15, 0.2) is 54.6 Å². The second kappa shape index (κ2) is 11.6. The number of carbonyl (C=O) groups is 3. The molecule has 3 rings (SSSR count). The molecule has 0 aromatic heterocycles. The maximum Gasteiger partial charge on any atom is 0.507 e. The maximum absolute atomic E-state index is 13.4. The van der Waals surface area contributed by atoms with Crippen molar-refractivity contribution in [2.24, 2.45) is 0 Å². The Morgan fingerprint density at radius 1 is 1.12 bits per heavy atom. The van der Waals surface area contributed by atoms with Gasteiger partial charge in [0.25, 0.3) is 0 Å². The number of benzene rings is 2. The van der Waals surface area contributed by atoms with E-state index in [1.807, 2.05) is 54.6 Å². The molecule has 0 saturated heterocycles. The Labute approximate surface area is 193 Å². The van der Waals surface area contributed by atoms with Crippen molar-refractivity contribution in [2.75, 3.05) is 6.61 Å². The van der Waals surface area contributed by atoms with Gasteiger partial charge in [0.2, 0.25) is 0 Å². The van der Waals surface area contributed by atoms with E-state index in [9.17, 15) is 14.4 Å². The van der Waals surface area contributed by atoms with Crippen molar-refractivity contribution < 1.29 is 29.0 Å². The van der Waals surface area contributed by atoms with Gasteiger partial charge in [0.05, 0.1) is 18.7 Å². The van der Waals surface area contributed by atoms with Crippen LogP contribution >= 0.6 is 0 Å². The molecule has 8 heteroatoms. The van der Waals surface area contributed by atoms with Crippen LogP contribution < -0.4 is 10.6 Å². The molecule has 0 aliphatic carbocycles. The van der Waals surface area contributed by atoms with Crippen LogP contribution in [0.25, 0.3) is 0 Å². The van der Waals surface area contributed by atoms with E-state index in [1.54, 1.807) is 13.8 Å². The van der Waals surface area contributed by atoms with Gasteiger partial charge in [0.1, 0.15) is 6.04 Å². The third kappa shape index (κ3) is 6.63. The molecule has 0 spiro atoms. The van der Waals surface area contributed by atoms with E-state index in [2.05, 4.69) is 10.6 Å². The normalized spacial score (nSPS) is 19.1. The fourth-order valence-electron chi connectivity index (χ4n) is 4.07. The molecule has 33 heavy (non-hydrogen) atoms. The summed E-state index contributed by atoms with van der Waals surface area (Å²) in [7, 11) is 0. The lowest BCUT2D eigenvalue weighted by atomic mass is 9.89. The second-order valence-electron chi connectivity index (χ2n) is 7.99. The zero-order chi connectivity index (χ0) is 23.8. The molecule has 0 fully saturated rings. The number of Topliss-reactive ketones (excluding diaryl/α,β-unsaturated/α-hetero) is 1. The topological polar surface area (TPSA) is 114 Å². The Hall–Kier alpha value is -3.23. The van der Waals surface area contributed by atoms with Crippen LogP contribution in [-0.2, 0) is 31.9 Å². The van der Waals surface area contributed by atoms with Gasteiger partial charge in [-0.2, -0.15) is 0 Å². The number of hydrogen-bond acceptors (Lipinski definition) is 7. The van der Waals surface area contributed by atoms with Crippen LogP contribution in [0.4, 0.5) is 4.79 Å². The van der Waals surface area contributed by atoms with Crippen LogP contribution in [0.3, 0.4) is 0 Å². The van der Waals surface area contributed by atoms with Crippen LogP contribution in [0.5, 0.6) is 0 Å². The molecule has 1 aliphatic rings. The number of aryl methyl sites for hydroxylation is 1. The Kier molecular flexibility index (Phi) is 8.57. The number of carboxylic acid groups (broad SMARTS) is 1. The molecular weight excluding hydrogens is 424 g/mol. The molecule has 2 aromatic rings. The van der Waals surface area contributed by atoms with Gasteiger partial charge in [-0.05, 0) is 43.4 Å². The van der Waals surface area contributed by atoms with Gasteiger partial charge in [-0.15, -0.1) is 0 Å². The van der Waals surface area contributed by atoms with Gasteiger partial charge < -0.3 is 14.6 Å². The van der Waals surface area contributed by atoms with Crippen molar-refractivity contribution in [1.29, 1.82) is 0 Å². The fraction of sp³-hybridized carbons (Fsp3) is 0.400. The summed E-state index contributed by atoms with van der Waals surface area (Å²) in [5.41, 5.74) is 2.71. The number of rotatable bonds is 10. The molecule has 8 nitrogen and oxygen atoms in total. The zero-order valence-corrected chi connectivity index (χ0v) is 18.8. The van der Waals surface area contributed by atoms with E-state index in [4.69, 9.17) is 14.6 Å². The standard InChI is InChI=1S/C25H30N2O6/c1-3-32-24(29)20(14-13-17-9-5-4-6-10-17)26-16(2)23(28)22-19-12-8-7-11-18(19)15-21(27-22)33-25(30)31/h4-12,16,20-22,26-27H,3,13-15H2,1-2H3,(H,30,31)/t16-,20?,21?,22?/m0/s1. The molecule has 2 aromatic carbocycles. The Morgan fingerprint density at radius 3 is 2.52 bits per heavy atom. The van der Waals surface area contributed by atoms with Gasteiger partial charge in [0, 0.05) is 6.42 Å². The predicted molar refractivity (Wildman–Crippen MR) is 122 cm³/mol. The van der Waals surface area contributed by atoms with Crippen LogP contribution in [-0.4, -0.2) is 47.9 Å². The molecule has 1 aliphatic heterocycles. The molecule has 0 saturated carbocycles. The summed E-state index contributed by atoms with van der Waals surface area (Å²) < 4.78 is 10.1. The Balaban J connectivity index is 1.73. The van der Waals surface area contributed by atoms with Crippen molar-refractivity contribution in [1.82, 2.24) is 10.6 Å². The van der Waals surface area contributed by atoms with Gasteiger partial charge in [-0.1, -0.05) is 54.6 Å². The minimum atomic E-state index is -1.41. The highest BCUT2D eigenvalue weighted by Crippen LogP contribution is 2.27. The lowest BCUT2D eigenvalue weighted by Crippen LogP contribution is -2.52. The van der Waals surface area contributed by atoms with Gasteiger partial charge in [-0.3, -0.25) is 20.2 Å². The number of hydrogen-bond donors (Lipinski definition) is 3. The highest BCUT2D eigenvalue weighted by molar-refractivity contribution is 5.91. The summed E-state index contributed by atoms with van der Waals surface area (Å²) in [5, 5.41) is 15.2. The van der Waals surface area contributed by atoms with Crippen molar-refractivity contribution in [3.8, 4) is 0 Å². The van der Waals surface area contributed by atoms with Crippen molar-refractivity contribution in [3.05, 3.63) is 71.3 Å². The summed E-state index contributed by atoms with van der Waals surface area (Å²) in [6, 6.07) is 15.0. The molecule has 3 N–H and O–H groups in total. The highest BCUT2D eigenvalue weighted by atomic mass is 16.7. The molecule has 0 bridgehead atoms. The molecule has 4 atom stereocenters. The van der Waals surface area contributed by atoms with E-state index in [1.165, 1.54) is 0 Å². The van der Waals surface area contributed by atoms with Crippen LogP contribution in [0, 0.1) is 0 Å². The van der Waals surface area contributed by atoms with Crippen molar-refractivity contribution in [2.45, 2.75) is 57.5 Å². The average molecular weight is 455 g/mol. The SMILES string of the molecule is CCOC(=O)C(CCc1ccccc1)N[C@@H](C)C(=O)C1NC(OC(=O)O)Cc2ccccc21. The number of fused-ring (bicyclic) bond motifs is 1. The van der Waals surface area contributed by atoms with E-state index in [0.29, 0.717) is 19.3 Å². The Bertz CT molecular complexity index is 964. The lowest BCUT2D eigenvalue weighted by molar-refractivity contribution is -0.146. The first kappa shape index (κ1) is 24.4. The van der Waals surface area contributed by atoms with Crippen molar-refractivity contribution in [3.63, 3.8) is 0 Å². The number of nitrogens with one attached hydrogen (secondary N) is 2. The quantitative estimate of drug-likeness (QED) is 0.470. The smallest absolute Gasteiger partial charge is 0.465 e. The predicted octanol–water partition coefficient (Wildman–Crippen LogP) is 3.01. The summed E-state index contributed by atoms with van der Waals surface area (Å²) in [5.74, 6) is -0.618. The summed E-state index contributed by atoms with van der Waals surface area (Å²) in [6.07, 6.45) is -0.793. The van der Waals surface area contributed by atoms with Gasteiger partial charge in [-0.25, -0.2) is 4.79 Å². The molecule has 176 valence electrons. The lowest BCUT2D eigenvalue weighted by Gasteiger charge is -2.33. The number of esters is 1. The molecule has 0 radical (unpaired) electrons. The van der Waals surface area contributed by atoms with Crippen molar-refractivity contribution >= 4 is 17.9 Å². The molecule has 1 heterocycles. The monoisotopic (exact) mass is 454 g/mol. The third-order valence-electron chi connectivity index (χ3n) is 5.67. The minimum Gasteiger partial charge on any atom is -0.465 e. The summed E-state index contributed by atoms with van der Waals surface area (Å²) in [6.45, 7) is 3.69. The molecular formula is C25H30N2O6. The number of ketones is 1. The first-order valence-corrected chi connectivity index (χ1v) is 11.1. The van der Waals surface area contributed by atoms with E-state index in [0.717, 1.165) is 16.7 Å². The largest absolute Gasteiger partial charge is 0.507 e. The van der Waals surface area contributed by atoms with Crippen LogP contribution in [0.2, 0.25) is 0 Å². The molecule has 3 unspecified atom stereocenters. The zero-order valence-electron chi connectivity index (χ0n) is 18.8. The van der Waals surface area contributed by atoms with Gasteiger partial charge in [0.15, 0.2) is 12.0 Å². The first-order valence-electron chi connectivity index (χ1n) is 11.1. The molecule has 0 amide bonds. The third-order valence-corrected chi connectivity index (χ3v) is 5.67.